The van der Waals surface area contributed by atoms with E-state index in [1.165, 1.54) is 11.1 Å². The van der Waals surface area contributed by atoms with Gasteiger partial charge in [0.15, 0.2) is 5.96 Å². The molecule has 4 nitrogen and oxygen atoms in total. The second-order valence-electron chi connectivity index (χ2n) is 6.64. The summed E-state index contributed by atoms with van der Waals surface area (Å²) in [5, 5.41) is 3.22. The van der Waals surface area contributed by atoms with Crippen LogP contribution in [0.3, 0.4) is 0 Å². The summed E-state index contributed by atoms with van der Waals surface area (Å²) in [6, 6.07) is 18.9. The predicted molar refractivity (Wildman–Crippen MR) is 120 cm³/mol. The van der Waals surface area contributed by atoms with Gasteiger partial charge in [0.25, 0.3) is 0 Å². The number of halogens is 1. The molecule has 0 spiro atoms. The van der Waals surface area contributed by atoms with E-state index >= 15 is 0 Å². The fraction of sp³-hybridized carbons (Fsp3) is 0.381. The van der Waals surface area contributed by atoms with E-state index in [0.717, 1.165) is 38.2 Å². The first-order chi connectivity index (χ1) is 12.2. The number of ether oxygens (including phenoxy) is 1. The smallest absolute Gasteiger partial charge is 0.193 e. The van der Waals surface area contributed by atoms with Crippen LogP contribution in [0.4, 0.5) is 5.69 Å². The molecule has 0 saturated carbocycles. The molecule has 0 unspecified atom stereocenters. The first-order valence-corrected chi connectivity index (χ1v) is 9.01. The first kappa shape index (κ1) is 20.7. The highest BCUT2D eigenvalue weighted by Gasteiger charge is 2.34. The van der Waals surface area contributed by atoms with Crippen molar-refractivity contribution < 1.29 is 4.74 Å². The van der Waals surface area contributed by atoms with E-state index < -0.39 is 0 Å². The van der Waals surface area contributed by atoms with Crippen LogP contribution < -0.4 is 11.1 Å². The van der Waals surface area contributed by atoms with Gasteiger partial charge in [-0.2, -0.15) is 0 Å². The number of aliphatic imine (C=N–C) groups is 1. The van der Waals surface area contributed by atoms with Crippen molar-refractivity contribution in [3.63, 3.8) is 0 Å². The average Bonchev–Trinajstić information content (AvgIpc) is 2.68. The number of nitrogens with two attached hydrogens (primary N) is 1. The second-order valence-corrected chi connectivity index (χ2v) is 6.64. The zero-order valence-electron chi connectivity index (χ0n) is 15.3. The van der Waals surface area contributed by atoms with Gasteiger partial charge in [-0.15, -0.1) is 24.0 Å². The molecule has 140 valence electrons. The highest BCUT2D eigenvalue weighted by molar-refractivity contribution is 14.0. The summed E-state index contributed by atoms with van der Waals surface area (Å²) in [6.07, 6.45) is 2.95. The molecule has 0 radical (unpaired) electrons. The predicted octanol–water partition coefficient (Wildman–Crippen LogP) is 4.34. The molecule has 1 heterocycles. The van der Waals surface area contributed by atoms with E-state index in [4.69, 9.17) is 10.5 Å². The van der Waals surface area contributed by atoms with Crippen molar-refractivity contribution in [1.29, 1.82) is 0 Å². The number of aryl methyl sites for hydroxylation is 1. The van der Waals surface area contributed by atoms with Gasteiger partial charge in [0.2, 0.25) is 0 Å². The number of nitrogens with zero attached hydrogens (tertiary/aromatic N) is 1. The zero-order valence-corrected chi connectivity index (χ0v) is 17.6. The summed E-state index contributed by atoms with van der Waals surface area (Å²) in [5.74, 6) is 0.468. The summed E-state index contributed by atoms with van der Waals surface area (Å²) in [5.41, 5.74) is 9.76. The molecule has 26 heavy (non-hydrogen) atoms. The van der Waals surface area contributed by atoms with Crippen molar-refractivity contribution in [2.75, 3.05) is 25.1 Å². The van der Waals surface area contributed by atoms with Gasteiger partial charge in [0.1, 0.15) is 0 Å². The van der Waals surface area contributed by atoms with E-state index in [0.29, 0.717) is 12.5 Å². The van der Waals surface area contributed by atoms with E-state index in [2.05, 4.69) is 59.7 Å². The summed E-state index contributed by atoms with van der Waals surface area (Å²) < 4.78 is 5.58. The average molecular weight is 465 g/mol. The van der Waals surface area contributed by atoms with Crippen LogP contribution in [-0.4, -0.2) is 25.7 Å². The molecule has 0 aliphatic carbocycles. The zero-order chi connectivity index (χ0) is 17.5. The molecule has 5 heteroatoms. The number of hydrogen-bond acceptors (Lipinski definition) is 2. The Balaban J connectivity index is 0.00000243. The van der Waals surface area contributed by atoms with Gasteiger partial charge in [-0.25, -0.2) is 0 Å². The molecule has 3 rings (SSSR count). The number of nitrogens with one attached hydrogen (secondary N) is 1. The van der Waals surface area contributed by atoms with Crippen molar-refractivity contribution >= 4 is 35.6 Å². The van der Waals surface area contributed by atoms with Gasteiger partial charge in [-0.1, -0.05) is 49.4 Å². The third kappa shape index (κ3) is 5.20. The van der Waals surface area contributed by atoms with E-state index in [-0.39, 0.29) is 29.4 Å². The van der Waals surface area contributed by atoms with Crippen molar-refractivity contribution in [1.82, 2.24) is 0 Å². The number of rotatable bonds is 5. The van der Waals surface area contributed by atoms with E-state index in [1.54, 1.807) is 0 Å². The number of guanidine groups is 1. The number of benzene rings is 2. The Hall–Kier alpha value is -1.60. The Morgan fingerprint density at radius 3 is 2.54 bits per heavy atom. The first-order valence-electron chi connectivity index (χ1n) is 9.01. The molecule has 0 bridgehead atoms. The Bertz CT molecular complexity index is 712. The minimum absolute atomic E-state index is 0. The minimum Gasteiger partial charge on any atom is -0.381 e. The molecule has 2 aromatic rings. The maximum absolute atomic E-state index is 6.16. The molecule has 0 amide bonds. The lowest BCUT2D eigenvalue weighted by Gasteiger charge is -2.36. The van der Waals surface area contributed by atoms with Gasteiger partial charge in [0.05, 0.1) is 6.54 Å². The quantitative estimate of drug-likeness (QED) is 0.393. The topological polar surface area (TPSA) is 59.6 Å². The third-order valence-electron chi connectivity index (χ3n) is 5.00. The van der Waals surface area contributed by atoms with E-state index in [1.807, 2.05) is 12.1 Å². The summed E-state index contributed by atoms with van der Waals surface area (Å²) in [7, 11) is 0. The monoisotopic (exact) mass is 465 g/mol. The van der Waals surface area contributed by atoms with Crippen LogP contribution in [0.2, 0.25) is 0 Å². The number of hydrogen-bond donors (Lipinski definition) is 2. The van der Waals surface area contributed by atoms with Crippen LogP contribution in [0.1, 0.15) is 30.9 Å². The molecule has 1 aliphatic rings. The molecule has 1 aliphatic heterocycles. The standard InChI is InChI=1S/C21H27N3O.HI/c1-2-17-7-6-10-19(15-17)24-20(22)23-16-21(11-13-25-14-12-21)18-8-4-3-5-9-18;/h3-10,15H,2,11-14,16H2,1H3,(H3,22,23,24);1H. The van der Waals surface area contributed by atoms with Crippen LogP contribution in [-0.2, 0) is 16.6 Å². The third-order valence-corrected chi connectivity index (χ3v) is 5.00. The number of anilines is 1. The Morgan fingerprint density at radius 2 is 1.85 bits per heavy atom. The Labute approximate surface area is 173 Å². The van der Waals surface area contributed by atoms with Crippen molar-refractivity contribution in [2.24, 2.45) is 10.7 Å². The van der Waals surface area contributed by atoms with Crippen molar-refractivity contribution in [2.45, 2.75) is 31.6 Å². The Morgan fingerprint density at radius 1 is 1.12 bits per heavy atom. The highest BCUT2D eigenvalue weighted by atomic mass is 127. The SMILES string of the molecule is CCc1cccc(NC(N)=NCC2(c3ccccc3)CCOCC2)c1.I. The molecule has 1 saturated heterocycles. The summed E-state index contributed by atoms with van der Waals surface area (Å²) in [4.78, 5) is 4.67. The lowest BCUT2D eigenvalue weighted by molar-refractivity contribution is 0.0531. The van der Waals surface area contributed by atoms with Crippen LogP contribution in [0.5, 0.6) is 0 Å². The van der Waals surface area contributed by atoms with Gasteiger partial charge >= 0.3 is 0 Å². The largest absolute Gasteiger partial charge is 0.381 e. The Kier molecular flexibility index (Phi) is 7.90. The van der Waals surface area contributed by atoms with Crippen molar-refractivity contribution in [3.8, 4) is 0 Å². The molecular formula is C21H28IN3O. The maximum Gasteiger partial charge on any atom is 0.193 e. The normalized spacial score (nSPS) is 16.6. The van der Waals surface area contributed by atoms with Crippen LogP contribution in [0, 0.1) is 0 Å². The molecule has 0 aromatic heterocycles. The molecule has 1 fully saturated rings. The summed E-state index contributed by atoms with van der Waals surface area (Å²) >= 11 is 0. The fourth-order valence-electron chi connectivity index (χ4n) is 3.38. The minimum atomic E-state index is 0. The van der Waals surface area contributed by atoms with Gasteiger partial charge < -0.3 is 15.8 Å². The van der Waals surface area contributed by atoms with Crippen LogP contribution in [0.15, 0.2) is 59.6 Å². The maximum atomic E-state index is 6.16. The van der Waals surface area contributed by atoms with Gasteiger partial charge in [-0.3, -0.25) is 4.99 Å². The lowest BCUT2D eigenvalue weighted by atomic mass is 9.74. The van der Waals surface area contributed by atoms with Crippen molar-refractivity contribution in [3.05, 3.63) is 65.7 Å². The lowest BCUT2D eigenvalue weighted by Crippen LogP contribution is -2.38. The van der Waals surface area contributed by atoms with Crippen LogP contribution >= 0.6 is 24.0 Å². The fourth-order valence-corrected chi connectivity index (χ4v) is 3.38. The molecule has 2 aromatic carbocycles. The van der Waals surface area contributed by atoms with Crippen LogP contribution in [0.25, 0.3) is 0 Å². The molecule has 0 atom stereocenters. The molecule has 3 N–H and O–H groups in total. The molecular weight excluding hydrogens is 437 g/mol. The summed E-state index contributed by atoms with van der Waals surface area (Å²) in [6.45, 7) is 4.37. The highest BCUT2D eigenvalue weighted by Crippen LogP contribution is 2.35. The van der Waals surface area contributed by atoms with Gasteiger partial charge in [0, 0.05) is 24.3 Å². The van der Waals surface area contributed by atoms with E-state index in [9.17, 15) is 0 Å². The van der Waals surface area contributed by atoms with Gasteiger partial charge in [-0.05, 0) is 42.5 Å². The second kappa shape index (κ2) is 9.92.